The second-order valence-electron chi connectivity index (χ2n) is 4.26. The summed E-state index contributed by atoms with van der Waals surface area (Å²) < 4.78 is 25.1. The van der Waals surface area contributed by atoms with Crippen LogP contribution < -0.4 is 9.62 Å². The number of hydrogen-bond donors (Lipinski definition) is 1. The second kappa shape index (κ2) is 3.38. The number of hydrogen-bond acceptors (Lipinski definition) is 3. The molecule has 0 unspecified atom stereocenters. The van der Waals surface area contributed by atoms with Crippen molar-refractivity contribution < 1.29 is 8.42 Å². The minimum Gasteiger partial charge on any atom is -0.384 e. The number of nitrogens with one attached hydrogen (secondary N) is 1. The van der Waals surface area contributed by atoms with Crippen LogP contribution in [0.25, 0.3) is 0 Å². The van der Waals surface area contributed by atoms with Gasteiger partial charge in [0.2, 0.25) is 10.0 Å². The van der Waals surface area contributed by atoms with Crippen molar-refractivity contribution in [1.29, 1.82) is 0 Å². The molecule has 4 nitrogen and oxygen atoms in total. The maximum Gasteiger partial charge on any atom is 0.235 e. The Labute approximate surface area is 95.3 Å². The first-order valence-corrected chi connectivity index (χ1v) is 7.15. The molecule has 2 aliphatic rings. The zero-order valence-corrected chi connectivity index (χ0v) is 9.76. The Morgan fingerprint density at radius 1 is 1.31 bits per heavy atom. The van der Waals surface area contributed by atoms with Crippen molar-refractivity contribution in [3.05, 3.63) is 23.8 Å². The average molecular weight is 238 g/mol. The van der Waals surface area contributed by atoms with Gasteiger partial charge in [-0.15, -0.1) is 0 Å². The van der Waals surface area contributed by atoms with E-state index < -0.39 is 10.0 Å². The van der Waals surface area contributed by atoms with Crippen molar-refractivity contribution in [2.75, 3.05) is 28.5 Å². The molecule has 0 amide bonds. The lowest BCUT2D eigenvalue weighted by atomic mass is 10.1. The van der Waals surface area contributed by atoms with Crippen molar-refractivity contribution in [2.24, 2.45) is 0 Å². The third-order valence-corrected chi connectivity index (χ3v) is 5.06. The summed E-state index contributed by atoms with van der Waals surface area (Å²) in [5, 5.41) is 3.27. The lowest BCUT2D eigenvalue weighted by Gasteiger charge is -2.17. The fourth-order valence-corrected chi connectivity index (χ4v) is 3.92. The fraction of sp³-hybridized carbons (Fsp3) is 0.455. The molecule has 1 aromatic rings. The van der Waals surface area contributed by atoms with E-state index in [1.165, 1.54) is 9.87 Å². The summed E-state index contributed by atoms with van der Waals surface area (Å²) in [6.07, 6.45) is 1.76. The Hall–Kier alpha value is -1.23. The molecule has 0 aromatic heterocycles. The molecular formula is C11H14N2O2S. The highest BCUT2D eigenvalue weighted by atomic mass is 32.2. The standard InChI is InChI=1S/C11H14N2O2S/c14-16(15)7-1-6-13(16)10-3-2-9-4-5-12-11(9)8-10/h2-3,8,12H,1,4-7H2. The van der Waals surface area contributed by atoms with Crippen LogP contribution in [0.1, 0.15) is 12.0 Å². The number of fused-ring (bicyclic) bond motifs is 1. The Morgan fingerprint density at radius 2 is 2.19 bits per heavy atom. The molecule has 0 radical (unpaired) electrons. The summed E-state index contributed by atoms with van der Waals surface area (Å²) in [4.78, 5) is 0. The van der Waals surface area contributed by atoms with Gasteiger partial charge in [-0.2, -0.15) is 0 Å². The van der Waals surface area contributed by atoms with Gasteiger partial charge in [0.1, 0.15) is 0 Å². The number of sulfonamides is 1. The molecule has 1 fully saturated rings. The van der Waals surface area contributed by atoms with Gasteiger partial charge in [-0.05, 0) is 30.5 Å². The first-order chi connectivity index (χ1) is 7.67. The van der Waals surface area contributed by atoms with Crippen molar-refractivity contribution in [3.63, 3.8) is 0 Å². The first kappa shape index (κ1) is 9.96. The van der Waals surface area contributed by atoms with E-state index in [0.717, 1.165) is 30.8 Å². The van der Waals surface area contributed by atoms with E-state index in [9.17, 15) is 8.42 Å². The number of rotatable bonds is 1. The molecule has 2 heterocycles. The van der Waals surface area contributed by atoms with E-state index in [0.29, 0.717) is 6.54 Å². The molecule has 5 heteroatoms. The van der Waals surface area contributed by atoms with E-state index in [1.54, 1.807) is 0 Å². The average Bonchev–Trinajstić information content (AvgIpc) is 2.82. The van der Waals surface area contributed by atoms with Crippen LogP contribution in [0, 0.1) is 0 Å². The highest BCUT2D eigenvalue weighted by Gasteiger charge is 2.28. The summed E-state index contributed by atoms with van der Waals surface area (Å²) >= 11 is 0. The maximum atomic E-state index is 11.8. The Kier molecular flexibility index (Phi) is 2.10. The molecule has 86 valence electrons. The molecule has 0 bridgehead atoms. The molecular weight excluding hydrogens is 224 g/mol. The van der Waals surface area contributed by atoms with Crippen LogP contribution in [0.15, 0.2) is 18.2 Å². The monoisotopic (exact) mass is 238 g/mol. The molecule has 0 spiro atoms. The van der Waals surface area contributed by atoms with Crippen LogP contribution in [-0.2, 0) is 16.4 Å². The number of nitrogens with zero attached hydrogens (tertiary/aromatic N) is 1. The van der Waals surface area contributed by atoms with E-state index in [-0.39, 0.29) is 5.75 Å². The summed E-state index contributed by atoms with van der Waals surface area (Å²) in [5.41, 5.74) is 3.16. The Bertz CT molecular complexity index is 525. The van der Waals surface area contributed by atoms with E-state index >= 15 is 0 Å². The number of anilines is 2. The Morgan fingerprint density at radius 3 is 2.94 bits per heavy atom. The van der Waals surface area contributed by atoms with Crippen LogP contribution >= 0.6 is 0 Å². The quantitative estimate of drug-likeness (QED) is 0.799. The van der Waals surface area contributed by atoms with Gasteiger partial charge >= 0.3 is 0 Å². The van der Waals surface area contributed by atoms with Crippen LogP contribution in [0.4, 0.5) is 11.4 Å². The largest absolute Gasteiger partial charge is 0.384 e. The molecule has 2 aliphatic heterocycles. The summed E-state index contributed by atoms with van der Waals surface area (Å²) in [6.45, 7) is 1.56. The van der Waals surface area contributed by atoms with Crippen molar-refractivity contribution >= 4 is 21.4 Å². The lowest BCUT2D eigenvalue weighted by Crippen LogP contribution is -2.25. The molecule has 16 heavy (non-hydrogen) atoms. The predicted molar refractivity (Wildman–Crippen MR) is 64.4 cm³/mol. The highest BCUT2D eigenvalue weighted by molar-refractivity contribution is 7.93. The van der Waals surface area contributed by atoms with Crippen LogP contribution in [0.3, 0.4) is 0 Å². The van der Waals surface area contributed by atoms with Gasteiger partial charge in [0, 0.05) is 18.8 Å². The lowest BCUT2D eigenvalue weighted by molar-refractivity contribution is 0.599. The Balaban J connectivity index is 2.01. The van der Waals surface area contributed by atoms with Gasteiger partial charge in [-0.25, -0.2) is 8.42 Å². The zero-order chi connectivity index (χ0) is 11.2. The minimum absolute atomic E-state index is 0.275. The summed E-state index contributed by atoms with van der Waals surface area (Å²) in [7, 11) is -3.05. The van der Waals surface area contributed by atoms with Crippen LogP contribution in [0.2, 0.25) is 0 Å². The van der Waals surface area contributed by atoms with Gasteiger partial charge in [-0.1, -0.05) is 6.07 Å². The van der Waals surface area contributed by atoms with E-state index in [1.807, 2.05) is 18.2 Å². The number of benzene rings is 1. The summed E-state index contributed by atoms with van der Waals surface area (Å²) in [6, 6.07) is 5.89. The smallest absolute Gasteiger partial charge is 0.235 e. The minimum atomic E-state index is -3.05. The molecule has 1 N–H and O–H groups in total. The third-order valence-electron chi connectivity index (χ3n) is 3.19. The van der Waals surface area contributed by atoms with E-state index in [2.05, 4.69) is 5.32 Å². The molecule has 0 atom stereocenters. The van der Waals surface area contributed by atoms with Crippen LogP contribution in [-0.4, -0.2) is 27.3 Å². The van der Waals surface area contributed by atoms with E-state index in [4.69, 9.17) is 0 Å². The zero-order valence-electron chi connectivity index (χ0n) is 8.94. The molecule has 0 aliphatic carbocycles. The molecule has 0 saturated carbocycles. The van der Waals surface area contributed by atoms with Crippen molar-refractivity contribution in [2.45, 2.75) is 12.8 Å². The third kappa shape index (κ3) is 1.46. The summed E-state index contributed by atoms with van der Waals surface area (Å²) in [5.74, 6) is 0.275. The predicted octanol–water partition coefficient (Wildman–Crippen LogP) is 1.19. The SMILES string of the molecule is O=S1(=O)CCCN1c1ccc2c(c1)NCC2. The molecule has 1 saturated heterocycles. The van der Waals surface area contributed by atoms with Crippen molar-refractivity contribution in [1.82, 2.24) is 0 Å². The van der Waals surface area contributed by atoms with Gasteiger partial charge in [-0.3, -0.25) is 4.31 Å². The molecule has 3 rings (SSSR count). The van der Waals surface area contributed by atoms with Gasteiger partial charge < -0.3 is 5.32 Å². The first-order valence-electron chi connectivity index (χ1n) is 5.54. The normalized spacial score (nSPS) is 21.9. The molecule has 1 aromatic carbocycles. The topological polar surface area (TPSA) is 49.4 Å². The highest BCUT2D eigenvalue weighted by Crippen LogP contribution is 2.30. The van der Waals surface area contributed by atoms with Gasteiger partial charge in [0.05, 0.1) is 11.4 Å². The maximum absolute atomic E-state index is 11.8. The second-order valence-corrected chi connectivity index (χ2v) is 6.27. The fourth-order valence-electron chi connectivity index (χ4n) is 2.36. The van der Waals surface area contributed by atoms with Crippen LogP contribution in [0.5, 0.6) is 0 Å². The van der Waals surface area contributed by atoms with Crippen molar-refractivity contribution in [3.8, 4) is 0 Å². The van der Waals surface area contributed by atoms with Gasteiger partial charge in [0.25, 0.3) is 0 Å². The van der Waals surface area contributed by atoms with Gasteiger partial charge in [0.15, 0.2) is 0 Å².